The molecule has 2 rings (SSSR count). The number of phenols is 1. The van der Waals surface area contributed by atoms with E-state index in [1.165, 1.54) is 12.1 Å². The fraction of sp³-hybridized carbons (Fsp3) is 0.0714. The molecule has 0 aliphatic rings. The van der Waals surface area contributed by atoms with Gasteiger partial charge in [-0.1, -0.05) is 23.7 Å². The Morgan fingerprint density at radius 2 is 1.89 bits per heavy atom. The number of halogens is 1. The van der Waals surface area contributed by atoms with Gasteiger partial charge in [0.25, 0.3) is 0 Å². The van der Waals surface area contributed by atoms with Crippen LogP contribution in [0.2, 0.25) is 5.02 Å². The predicted octanol–water partition coefficient (Wildman–Crippen LogP) is 3.72. The molecule has 92 valence electrons. The number of hydrogen-bond donors (Lipinski definition) is 2. The molecule has 0 atom stereocenters. The van der Waals surface area contributed by atoms with Crippen LogP contribution in [0.3, 0.4) is 0 Å². The van der Waals surface area contributed by atoms with Gasteiger partial charge in [-0.05, 0) is 47.9 Å². The van der Waals surface area contributed by atoms with E-state index in [9.17, 15) is 9.90 Å². The first-order valence-corrected chi connectivity index (χ1v) is 5.69. The van der Waals surface area contributed by atoms with E-state index in [0.717, 1.165) is 16.7 Å². The van der Waals surface area contributed by atoms with E-state index >= 15 is 0 Å². The average molecular weight is 263 g/mol. The molecule has 0 aliphatic carbocycles. The molecular formula is C14H11ClO3. The second-order valence-electron chi connectivity index (χ2n) is 4.00. The third-order valence-electron chi connectivity index (χ3n) is 2.73. The van der Waals surface area contributed by atoms with Gasteiger partial charge in [0, 0.05) is 5.02 Å². The summed E-state index contributed by atoms with van der Waals surface area (Å²) in [5.74, 6) is -1.39. The Morgan fingerprint density at radius 1 is 1.17 bits per heavy atom. The highest BCUT2D eigenvalue weighted by Gasteiger charge is 2.11. The van der Waals surface area contributed by atoms with Gasteiger partial charge >= 0.3 is 5.97 Å². The molecule has 18 heavy (non-hydrogen) atoms. The second-order valence-corrected chi connectivity index (χ2v) is 4.43. The molecule has 4 heteroatoms. The lowest BCUT2D eigenvalue weighted by Gasteiger charge is -2.08. The maximum Gasteiger partial charge on any atom is 0.339 e. The molecule has 0 saturated heterocycles. The minimum absolute atomic E-state index is 0.106. The topological polar surface area (TPSA) is 57.5 Å². The van der Waals surface area contributed by atoms with Crippen LogP contribution in [0.15, 0.2) is 36.4 Å². The SMILES string of the molecule is Cc1cc(Cl)ccc1-c1ccc(C(=O)O)c(O)c1. The van der Waals surface area contributed by atoms with E-state index in [1.54, 1.807) is 12.1 Å². The first-order chi connectivity index (χ1) is 8.49. The van der Waals surface area contributed by atoms with Crippen molar-refractivity contribution in [2.45, 2.75) is 6.92 Å². The molecule has 0 aliphatic heterocycles. The Kier molecular flexibility index (Phi) is 3.26. The van der Waals surface area contributed by atoms with Gasteiger partial charge in [0.05, 0.1) is 0 Å². The first-order valence-electron chi connectivity index (χ1n) is 5.32. The number of rotatable bonds is 2. The lowest BCUT2D eigenvalue weighted by atomic mass is 9.99. The molecule has 0 aromatic heterocycles. The lowest BCUT2D eigenvalue weighted by Crippen LogP contribution is -1.96. The minimum atomic E-state index is -1.15. The highest BCUT2D eigenvalue weighted by molar-refractivity contribution is 6.30. The fourth-order valence-electron chi connectivity index (χ4n) is 1.83. The van der Waals surface area contributed by atoms with Gasteiger partial charge in [-0.2, -0.15) is 0 Å². The van der Waals surface area contributed by atoms with Crippen LogP contribution in [0.5, 0.6) is 5.75 Å². The molecule has 0 fully saturated rings. The molecule has 2 aromatic carbocycles. The van der Waals surface area contributed by atoms with Crippen molar-refractivity contribution in [3.63, 3.8) is 0 Å². The first kappa shape index (κ1) is 12.5. The zero-order chi connectivity index (χ0) is 13.3. The van der Waals surface area contributed by atoms with Crippen LogP contribution >= 0.6 is 11.6 Å². The van der Waals surface area contributed by atoms with Crippen LogP contribution in [0.25, 0.3) is 11.1 Å². The maximum absolute atomic E-state index is 10.8. The summed E-state index contributed by atoms with van der Waals surface area (Å²) < 4.78 is 0. The number of aromatic hydroxyl groups is 1. The standard InChI is InChI=1S/C14H11ClO3/c1-8-6-10(15)3-5-11(8)9-2-4-12(14(17)18)13(16)7-9/h2-7,16H,1H3,(H,17,18). The Labute approximate surface area is 109 Å². The van der Waals surface area contributed by atoms with Crippen LogP contribution in [-0.4, -0.2) is 16.2 Å². The number of aryl methyl sites for hydroxylation is 1. The average Bonchev–Trinajstić information content (AvgIpc) is 2.28. The summed E-state index contributed by atoms with van der Waals surface area (Å²) >= 11 is 5.88. The van der Waals surface area contributed by atoms with Crippen LogP contribution < -0.4 is 0 Å². The van der Waals surface area contributed by atoms with Crippen LogP contribution in [0.1, 0.15) is 15.9 Å². The number of carboxylic acid groups (broad SMARTS) is 1. The van der Waals surface area contributed by atoms with Crippen LogP contribution in [-0.2, 0) is 0 Å². The molecule has 2 N–H and O–H groups in total. The van der Waals surface area contributed by atoms with Gasteiger partial charge in [0.1, 0.15) is 11.3 Å². The van der Waals surface area contributed by atoms with Crippen molar-refractivity contribution in [2.75, 3.05) is 0 Å². The van der Waals surface area contributed by atoms with Gasteiger partial charge in [-0.25, -0.2) is 4.79 Å². The third kappa shape index (κ3) is 2.31. The van der Waals surface area contributed by atoms with Crippen LogP contribution in [0, 0.1) is 6.92 Å². The minimum Gasteiger partial charge on any atom is -0.507 e. The fourth-order valence-corrected chi connectivity index (χ4v) is 2.06. The number of hydrogen-bond acceptors (Lipinski definition) is 2. The monoisotopic (exact) mass is 262 g/mol. The number of aromatic carboxylic acids is 1. The molecule has 3 nitrogen and oxygen atoms in total. The van der Waals surface area contributed by atoms with Crippen molar-refractivity contribution >= 4 is 17.6 Å². The van der Waals surface area contributed by atoms with E-state index in [1.807, 2.05) is 19.1 Å². The smallest absolute Gasteiger partial charge is 0.339 e. The number of carbonyl (C=O) groups is 1. The third-order valence-corrected chi connectivity index (χ3v) is 2.96. The molecule has 0 unspecified atom stereocenters. The maximum atomic E-state index is 10.8. The van der Waals surface area contributed by atoms with E-state index in [2.05, 4.69) is 0 Å². The van der Waals surface area contributed by atoms with E-state index in [4.69, 9.17) is 16.7 Å². The zero-order valence-electron chi connectivity index (χ0n) is 9.64. The van der Waals surface area contributed by atoms with Crippen molar-refractivity contribution in [3.8, 4) is 16.9 Å². The number of benzene rings is 2. The summed E-state index contributed by atoms with van der Waals surface area (Å²) in [4.78, 5) is 10.8. The molecule has 0 bridgehead atoms. The summed E-state index contributed by atoms with van der Waals surface area (Å²) in [6.07, 6.45) is 0. The summed E-state index contributed by atoms with van der Waals surface area (Å²) in [6, 6.07) is 9.91. The van der Waals surface area contributed by atoms with Gasteiger partial charge in [0.15, 0.2) is 0 Å². The van der Waals surface area contributed by atoms with Crippen molar-refractivity contribution in [3.05, 3.63) is 52.5 Å². The Morgan fingerprint density at radius 3 is 2.44 bits per heavy atom. The second kappa shape index (κ2) is 4.70. The molecule has 0 spiro atoms. The Balaban J connectivity index is 2.52. The van der Waals surface area contributed by atoms with Crippen molar-refractivity contribution in [1.82, 2.24) is 0 Å². The van der Waals surface area contributed by atoms with Crippen molar-refractivity contribution in [2.24, 2.45) is 0 Å². The van der Waals surface area contributed by atoms with E-state index < -0.39 is 5.97 Å². The molecule has 0 amide bonds. The molecule has 0 saturated carbocycles. The molecule has 2 aromatic rings. The Bertz CT molecular complexity index is 620. The summed E-state index contributed by atoms with van der Waals surface area (Å²) in [6.45, 7) is 1.91. The van der Waals surface area contributed by atoms with Gasteiger partial charge in [-0.3, -0.25) is 0 Å². The summed E-state index contributed by atoms with van der Waals surface area (Å²) in [7, 11) is 0. The predicted molar refractivity (Wildman–Crippen MR) is 70.2 cm³/mol. The summed E-state index contributed by atoms with van der Waals surface area (Å²) in [5.41, 5.74) is 2.52. The Hall–Kier alpha value is -2.00. The van der Waals surface area contributed by atoms with Gasteiger partial charge in [0.2, 0.25) is 0 Å². The van der Waals surface area contributed by atoms with Crippen molar-refractivity contribution in [1.29, 1.82) is 0 Å². The normalized spacial score (nSPS) is 10.3. The van der Waals surface area contributed by atoms with E-state index in [-0.39, 0.29) is 11.3 Å². The van der Waals surface area contributed by atoms with Gasteiger partial charge in [-0.15, -0.1) is 0 Å². The molecular weight excluding hydrogens is 252 g/mol. The van der Waals surface area contributed by atoms with Crippen molar-refractivity contribution < 1.29 is 15.0 Å². The quantitative estimate of drug-likeness (QED) is 0.867. The molecule has 0 radical (unpaired) electrons. The largest absolute Gasteiger partial charge is 0.507 e. The number of carboxylic acids is 1. The van der Waals surface area contributed by atoms with Crippen LogP contribution in [0.4, 0.5) is 0 Å². The van der Waals surface area contributed by atoms with E-state index in [0.29, 0.717) is 5.02 Å². The highest BCUT2D eigenvalue weighted by Crippen LogP contribution is 2.30. The highest BCUT2D eigenvalue weighted by atomic mass is 35.5. The summed E-state index contributed by atoms with van der Waals surface area (Å²) in [5, 5.41) is 19.1. The molecule has 0 heterocycles. The zero-order valence-corrected chi connectivity index (χ0v) is 10.4. The lowest BCUT2D eigenvalue weighted by molar-refractivity contribution is 0.0694. The van der Waals surface area contributed by atoms with Gasteiger partial charge < -0.3 is 10.2 Å².